The van der Waals surface area contributed by atoms with Gasteiger partial charge in [0.1, 0.15) is 11.5 Å². The Morgan fingerprint density at radius 2 is 1.82 bits per heavy atom. The lowest BCUT2D eigenvalue weighted by molar-refractivity contribution is -0.137. The maximum Gasteiger partial charge on any atom is 0.274 e. The fraction of sp³-hybridized carbons (Fsp3) is 0.393. The van der Waals surface area contributed by atoms with Gasteiger partial charge in [-0.15, -0.1) is 0 Å². The van der Waals surface area contributed by atoms with E-state index in [1.54, 1.807) is 11.5 Å². The number of phenols is 2. The third kappa shape index (κ3) is 5.66. The average molecular weight is 523 g/mol. The van der Waals surface area contributed by atoms with E-state index in [1.165, 1.54) is 6.07 Å². The first-order valence-corrected chi connectivity index (χ1v) is 12.8. The lowest BCUT2D eigenvalue weighted by atomic mass is 9.74. The zero-order valence-corrected chi connectivity index (χ0v) is 21.7. The summed E-state index contributed by atoms with van der Waals surface area (Å²) in [6.07, 6.45) is 1.50. The summed E-state index contributed by atoms with van der Waals surface area (Å²) in [7, 11) is 0. The lowest BCUT2D eigenvalue weighted by Crippen LogP contribution is -2.41. The summed E-state index contributed by atoms with van der Waals surface area (Å²) in [4.78, 5) is 24.2. The predicted molar refractivity (Wildman–Crippen MR) is 141 cm³/mol. The highest BCUT2D eigenvalue weighted by atomic mass is 16.5. The smallest absolute Gasteiger partial charge is 0.274 e. The summed E-state index contributed by atoms with van der Waals surface area (Å²) in [5, 5.41) is 39.8. The van der Waals surface area contributed by atoms with Crippen molar-refractivity contribution in [1.29, 1.82) is 0 Å². The summed E-state index contributed by atoms with van der Waals surface area (Å²) < 4.78 is 5.62. The Balaban J connectivity index is 1.56. The number of amides is 2. The highest BCUT2D eigenvalue weighted by Crippen LogP contribution is 2.43. The second-order valence-electron chi connectivity index (χ2n) is 10.0. The van der Waals surface area contributed by atoms with Crippen LogP contribution in [0.3, 0.4) is 0 Å². The number of hydroxylamine groups is 1. The molecule has 0 radical (unpaired) electrons. The molecular weight excluding hydrogens is 488 g/mol. The number of aromatic nitrogens is 1. The molecule has 10 heteroatoms. The zero-order chi connectivity index (χ0) is 27.4. The highest BCUT2D eigenvalue weighted by molar-refractivity contribution is 6.02. The molecule has 2 aromatic carbocycles. The molecule has 1 aromatic heterocycles. The first-order valence-electron chi connectivity index (χ1n) is 12.8. The molecule has 1 saturated carbocycles. The second kappa shape index (κ2) is 11.7. The van der Waals surface area contributed by atoms with Crippen LogP contribution < -0.4 is 16.1 Å². The molecule has 10 nitrogen and oxygen atoms in total. The minimum Gasteiger partial charge on any atom is -0.508 e. The molecule has 2 amide bonds. The zero-order valence-electron chi connectivity index (χ0n) is 21.7. The molecule has 1 heterocycles. The van der Waals surface area contributed by atoms with Crippen molar-refractivity contribution >= 4 is 11.8 Å². The summed E-state index contributed by atoms with van der Waals surface area (Å²) in [5.74, 6) is -0.398. The molecule has 202 valence electrons. The lowest BCUT2D eigenvalue weighted by Gasteiger charge is -2.33. The Morgan fingerprint density at radius 3 is 2.45 bits per heavy atom. The molecule has 0 atom stereocenters. The van der Waals surface area contributed by atoms with Crippen molar-refractivity contribution in [2.45, 2.75) is 46.1 Å². The van der Waals surface area contributed by atoms with Crippen LogP contribution in [0.4, 0.5) is 0 Å². The van der Waals surface area contributed by atoms with Gasteiger partial charge in [-0.25, -0.2) is 5.48 Å². The number of aromatic hydroxyl groups is 2. The highest BCUT2D eigenvalue weighted by Gasteiger charge is 2.34. The van der Waals surface area contributed by atoms with E-state index in [0.717, 1.165) is 24.9 Å². The second-order valence-corrected chi connectivity index (χ2v) is 10.0. The molecule has 0 aliphatic heterocycles. The summed E-state index contributed by atoms with van der Waals surface area (Å²) in [5.41, 5.74) is 4.97. The number of phenolic OH excluding ortho intramolecular Hbond substituents is 2. The van der Waals surface area contributed by atoms with Crippen LogP contribution in [-0.2, 0) is 11.3 Å². The number of benzene rings is 2. The van der Waals surface area contributed by atoms with Crippen LogP contribution in [-0.4, -0.2) is 45.5 Å². The van der Waals surface area contributed by atoms with Crippen LogP contribution >= 0.6 is 0 Å². The van der Waals surface area contributed by atoms with Crippen molar-refractivity contribution in [1.82, 2.24) is 21.3 Å². The molecule has 1 aliphatic carbocycles. The number of carbonyl (C=O) groups excluding carboxylic acids is 2. The Bertz CT molecular complexity index is 1300. The molecule has 1 fully saturated rings. The fourth-order valence-electron chi connectivity index (χ4n) is 4.80. The van der Waals surface area contributed by atoms with Crippen molar-refractivity contribution in [3.05, 3.63) is 53.2 Å². The van der Waals surface area contributed by atoms with Crippen LogP contribution in [0.15, 0.2) is 40.9 Å². The van der Waals surface area contributed by atoms with Crippen molar-refractivity contribution in [2.24, 2.45) is 11.8 Å². The minimum absolute atomic E-state index is 0.00646. The number of nitrogens with zero attached hydrogens (tertiary/aromatic N) is 1. The number of hydrogen-bond donors (Lipinski definition) is 6. The van der Waals surface area contributed by atoms with Gasteiger partial charge in [-0.1, -0.05) is 43.3 Å². The van der Waals surface area contributed by atoms with Crippen molar-refractivity contribution in [3.8, 4) is 33.9 Å². The monoisotopic (exact) mass is 522 g/mol. The quantitative estimate of drug-likeness (QED) is 0.173. The van der Waals surface area contributed by atoms with E-state index in [4.69, 9.17) is 9.73 Å². The molecular formula is C28H34N4O6. The predicted octanol–water partition coefficient (Wildman–Crippen LogP) is 3.91. The summed E-state index contributed by atoms with van der Waals surface area (Å²) in [6, 6.07) is 10.6. The molecule has 3 aromatic rings. The van der Waals surface area contributed by atoms with E-state index in [1.807, 2.05) is 45.0 Å². The number of rotatable bonds is 10. The standard InChI is InChI=1S/C28H34N4O6/c1-4-30-28(36)25-24(26(38-32-25)21-11-20(15(2)3)22(33)12-23(21)34)18-7-5-16(6-8-18)13-29-14-17-9-19(10-17)27(35)31-37/h5-8,11-12,15,17,19,29,33-34,37H,4,9-10,13-14H2,1-3H3,(H,30,36)(H,31,35). The van der Waals surface area contributed by atoms with Crippen LogP contribution in [0, 0.1) is 11.8 Å². The van der Waals surface area contributed by atoms with Gasteiger partial charge in [-0.3, -0.25) is 14.8 Å². The van der Waals surface area contributed by atoms with Gasteiger partial charge in [0.05, 0.1) is 11.1 Å². The van der Waals surface area contributed by atoms with E-state index in [2.05, 4.69) is 15.8 Å². The van der Waals surface area contributed by atoms with Gasteiger partial charge in [0, 0.05) is 25.1 Å². The van der Waals surface area contributed by atoms with Gasteiger partial charge in [0.15, 0.2) is 11.5 Å². The number of carbonyl (C=O) groups is 2. The van der Waals surface area contributed by atoms with Gasteiger partial charge in [-0.05, 0) is 60.9 Å². The normalized spacial score (nSPS) is 16.8. The first kappa shape index (κ1) is 27.2. The van der Waals surface area contributed by atoms with E-state index in [0.29, 0.717) is 41.3 Å². The maximum atomic E-state index is 12.8. The summed E-state index contributed by atoms with van der Waals surface area (Å²) in [6.45, 7) is 7.49. The molecule has 0 bridgehead atoms. The Labute approximate surface area is 221 Å². The molecule has 6 N–H and O–H groups in total. The third-order valence-electron chi connectivity index (χ3n) is 6.98. The maximum absolute atomic E-state index is 12.8. The minimum atomic E-state index is -0.390. The first-order chi connectivity index (χ1) is 18.2. The van der Waals surface area contributed by atoms with Gasteiger partial charge < -0.3 is 25.4 Å². The average Bonchev–Trinajstić information content (AvgIpc) is 3.30. The van der Waals surface area contributed by atoms with Gasteiger partial charge in [0.25, 0.3) is 5.91 Å². The van der Waals surface area contributed by atoms with Crippen LogP contribution in [0.1, 0.15) is 61.1 Å². The van der Waals surface area contributed by atoms with E-state index >= 15 is 0 Å². The SMILES string of the molecule is CCNC(=O)c1noc(-c2cc(C(C)C)c(O)cc2O)c1-c1ccc(CNCC2CC(C(=O)NO)C2)cc1. The Morgan fingerprint density at radius 1 is 1.11 bits per heavy atom. The molecule has 0 unspecified atom stereocenters. The topological polar surface area (TPSA) is 157 Å². The molecule has 38 heavy (non-hydrogen) atoms. The Hall–Kier alpha value is -3.89. The van der Waals surface area contributed by atoms with Gasteiger partial charge >= 0.3 is 0 Å². The largest absolute Gasteiger partial charge is 0.508 e. The van der Waals surface area contributed by atoms with Crippen molar-refractivity contribution in [3.63, 3.8) is 0 Å². The fourth-order valence-corrected chi connectivity index (χ4v) is 4.80. The van der Waals surface area contributed by atoms with E-state index < -0.39 is 0 Å². The Kier molecular flexibility index (Phi) is 8.33. The van der Waals surface area contributed by atoms with Crippen molar-refractivity contribution in [2.75, 3.05) is 13.1 Å². The molecule has 4 rings (SSSR count). The molecule has 0 spiro atoms. The van der Waals surface area contributed by atoms with E-state index in [9.17, 15) is 19.8 Å². The van der Waals surface area contributed by atoms with E-state index in [-0.39, 0.29) is 46.6 Å². The van der Waals surface area contributed by atoms with Gasteiger partial charge in [0.2, 0.25) is 5.91 Å². The summed E-state index contributed by atoms with van der Waals surface area (Å²) >= 11 is 0. The van der Waals surface area contributed by atoms with Crippen LogP contribution in [0.5, 0.6) is 11.5 Å². The van der Waals surface area contributed by atoms with Crippen LogP contribution in [0.2, 0.25) is 0 Å². The molecule has 1 aliphatic rings. The third-order valence-corrected chi connectivity index (χ3v) is 6.98. The number of nitrogens with one attached hydrogen (secondary N) is 3. The van der Waals surface area contributed by atoms with Crippen LogP contribution in [0.25, 0.3) is 22.5 Å². The van der Waals surface area contributed by atoms with Gasteiger partial charge in [-0.2, -0.15) is 0 Å². The molecule has 0 saturated heterocycles. The number of hydrogen-bond acceptors (Lipinski definition) is 8. The van der Waals surface area contributed by atoms with Crippen molar-refractivity contribution < 1.29 is 29.5 Å².